The maximum atomic E-state index is 13.2. The summed E-state index contributed by atoms with van der Waals surface area (Å²) >= 11 is 0. The number of ether oxygens (including phenoxy) is 1. The van der Waals surface area contributed by atoms with Gasteiger partial charge in [0.25, 0.3) is 0 Å². The molecule has 1 fully saturated rings. The first-order chi connectivity index (χ1) is 7.66. The minimum absolute atomic E-state index is 0. The fraction of sp³-hybridized carbons (Fsp3) is 0.500. The van der Waals surface area contributed by atoms with Crippen LogP contribution in [0.4, 0.5) is 8.78 Å². The molecule has 0 radical (unpaired) electrons. The SMILES string of the molecule is Cl.NCC1(c2cc(F)cc(F)c2)CCOCC1. The Bertz CT molecular complexity index is 361. The molecular formula is C12H16ClF2NO. The van der Waals surface area contributed by atoms with Gasteiger partial charge in [0.05, 0.1) is 0 Å². The van der Waals surface area contributed by atoms with E-state index in [4.69, 9.17) is 10.5 Å². The van der Waals surface area contributed by atoms with Crippen molar-refractivity contribution in [3.63, 3.8) is 0 Å². The van der Waals surface area contributed by atoms with Crippen molar-refractivity contribution >= 4 is 12.4 Å². The largest absolute Gasteiger partial charge is 0.381 e. The maximum Gasteiger partial charge on any atom is 0.126 e. The van der Waals surface area contributed by atoms with Crippen LogP contribution < -0.4 is 5.73 Å². The summed E-state index contributed by atoms with van der Waals surface area (Å²) in [4.78, 5) is 0. The highest BCUT2D eigenvalue weighted by Gasteiger charge is 2.33. The molecule has 0 aromatic heterocycles. The molecule has 5 heteroatoms. The second-order valence-corrected chi connectivity index (χ2v) is 4.25. The van der Waals surface area contributed by atoms with Gasteiger partial charge in [0.15, 0.2) is 0 Å². The number of hydrogen-bond acceptors (Lipinski definition) is 2. The van der Waals surface area contributed by atoms with Gasteiger partial charge in [-0.2, -0.15) is 0 Å². The third-order valence-corrected chi connectivity index (χ3v) is 3.32. The molecule has 1 aliphatic heterocycles. The molecule has 1 aromatic rings. The van der Waals surface area contributed by atoms with E-state index in [9.17, 15) is 8.78 Å². The van der Waals surface area contributed by atoms with Crippen LogP contribution in [-0.4, -0.2) is 19.8 Å². The van der Waals surface area contributed by atoms with Crippen molar-refractivity contribution < 1.29 is 13.5 Å². The van der Waals surface area contributed by atoms with Crippen molar-refractivity contribution in [1.29, 1.82) is 0 Å². The van der Waals surface area contributed by atoms with E-state index < -0.39 is 11.6 Å². The van der Waals surface area contributed by atoms with E-state index in [1.807, 2.05) is 0 Å². The first-order valence-corrected chi connectivity index (χ1v) is 5.41. The second-order valence-electron chi connectivity index (χ2n) is 4.25. The molecule has 1 saturated heterocycles. The minimum atomic E-state index is -0.547. The molecular weight excluding hydrogens is 248 g/mol. The number of hydrogen-bond donors (Lipinski definition) is 1. The first kappa shape index (κ1) is 14.4. The van der Waals surface area contributed by atoms with Crippen molar-refractivity contribution in [3.8, 4) is 0 Å². The van der Waals surface area contributed by atoms with Crippen molar-refractivity contribution in [3.05, 3.63) is 35.4 Å². The van der Waals surface area contributed by atoms with Crippen LogP contribution in [-0.2, 0) is 10.2 Å². The van der Waals surface area contributed by atoms with Crippen LogP contribution >= 0.6 is 12.4 Å². The van der Waals surface area contributed by atoms with E-state index in [1.54, 1.807) is 0 Å². The van der Waals surface area contributed by atoms with E-state index in [-0.39, 0.29) is 17.8 Å². The van der Waals surface area contributed by atoms with E-state index in [2.05, 4.69) is 0 Å². The fourth-order valence-electron chi connectivity index (χ4n) is 2.23. The summed E-state index contributed by atoms with van der Waals surface area (Å²) in [5.41, 5.74) is 6.09. The molecule has 1 aliphatic rings. The smallest absolute Gasteiger partial charge is 0.126 e. The maximum absolute atomic E-state index is 13.2. The minimum Gasteiger partial charge on any atom is -0.381 e. The molecule has 96 valence electrons. The highest BCUT2D eigenvalue weighted by molar-refractivity contribution is 5.85. The number of rotatable bonds is 2. The van der Waals surface area contributed by atoms with Gasteiger partial charge in [0.1, 0.15) is 11.6 Å². The average molecular weight is 264 g/mol. The molecule has 2 nitrogen and oxygen atoms in total. The van der Waals surface area contributed by atoms with E-state index in [1.165, 1.54) is 12.1 Å². The number of halogens is 3. The summed E-state index contributed by atoms with van der Waals surface area (Å²) in [6, 6.07) is 3.63. The van der Waals surface area contributed by atoms with Crippen LogP contribution in [0.3, 0.4) is 0 Å². The predicted octanol–water partition coefficient (Wildman–Crippen LogP) is 2.39. The molecule has 0 atom stereocenters. The highest BCUT2D eigenvalue weighted by atomic mass is 35.5. The summed E-state index contributed by atoms with van der Waals surface area (Å²) in [6.45, 7) is 1.57. The second kappa shape index (κ2) is 5.76. The molecule has 0 saturated carbocycles. The van der Waals surface area contributed by atoms with Crippen molar-refractivity contribution in [2.45, 2.75) is 18.3 Å². The predicted molar refractivity (Wildman–Crippen MR) is 64.4 cm³/mol. The molecule has 1 heterocycles. The number of benzene rings is 1. The monoisotopic (exact) mass is 263 g/mol. The van der Waals surface area contributed by atoms with Crippen LogP contribution in [0.1, 0.15) is 18.4 Å². The molecule has 0 amide bonds. The van der Waals surface area contributed by atoms with E-state index in [0.29, 0.717) is 38.2 Å². The van der Waals surface area contributed by atoms with Crippen LogP contribution in [0.15, 0.2) is 18.2 Å². The van der Waals surface area contributed by atoms with Gasteiger partial charge in [-0.05, 0) is 30.5 Å². The lowest BCUT2D eigenvalue weighted by Gasteiger charge is -2.36. The van der Waals surface area contributed by atoms with Crippen molar-refractivity contribution in [2.75, 3.05) is 19.8 Å². The van der Waals surface area contributed by atoms with Gasteiger partial charge in [-0.25, -0.2) is 8.78 Å². The molecule has 0 bridgehead atoms. The van der Waals surface area contributed by atoms with E-state index in [0.717, 1.165) is 6.07 Å². The van der Waals surface area contributed by atoms with Gasteiger partial charge in [-0.15, -0.1) is 12.4 Å². The summed E-state index contributed by atoms with van der Waals surface area (Å²) in [5, 5.41) is 0. The molecule has 0 spiro atoms. The number of nitrogens with two attached hydrogens (primary N) is 1. The molecule has 1 aromatic carbocycles. The zero-order valence-electron chi connectivity index (χ0n) is 9.42. The zero-order chi connectivity index (χ0) is 11.6. The van der Waals surface area contributed by atoms with Gasteiger partial charge >= 0.3 is 0 Å². The average Bonchev–Trinajstić information content (AvgIpc) is 2.28. The molecule has 2 N–H and O–H groups in total. The van der Waals surface area contributed by atoms with Crippen molar-refractivity contribution in [1.82, 2.24) is 0 Å². The van der Waals surface area contributed by atoms with Gasteiger partial charge in [-0.1, -0.05) is 0 Å². The van der Waals surface area contributed by atoms with Crippen LogP contribution in [0.25, 0.3) is 0 Å². The Labute approximate surface area is 106 Å². The zero-order valence-corrected chi connectivity index (χ0v) is 10.2. The fourth-order valence-corrected chi connectivity index (χ4v) is 2.23. The Morgan fingerprint density at radius 2 is 1.65 bits per heavy atom. The third kappa shape index (κ3) is 2.94. The molecule has 2 rings (SSSR count). The Kier molecular flexibility index (Phi) is 4.86. The molecule has 0 aliphatic carbocycles. The third-order valence-electron chi connectivity index (χ3n) is 3.32. The Morgan fingerprint density at radius 1 is 1.12 bits per heavy atom. The summed E-state index contributed by atoms with van der Waals surface area (Å²) in [7, 11) is 0. The lowest BCUT2D eigenvalue weighted by Crippen LogP contribution is -2.40. The quantitative estimate of drug-likeness (QED) is 0.889. The Balaban J connectivity index is 0.00000144. The standard InChI is InChI=1S/C12H15F2NO.ClH/c13-10-5-9(6-11(14)7-10)12(8-15)1-3-16-4-2-12;/h5-7H,1-4,8,15H2;1H. The van der Waals surface area contributed by atoms with Crippen molar-refractivity contribution in [2.24, 2.45) is 5.73 Å². The van der Waals surface area contributed by atoms with Gasteiger partial charge < -0.3 is 10.5 Å². The van der Waals surface area contributed by atoms with E-state index >= 15 is 0 Å². The van der Waals surface area contributed by atoms with Crippen LogP contribution in [0.5, 0.6) is 0 Å². The van der Waals surface area contributed by atoms with Gasteiger partial charge in [-0.3, -0.25) is 0 Å². The summed E-state index contributed by atoms with van der Waals surface area (Å²) in [6.07, 6.45) is 1.43. The lowest BCUT2D eigenvalue weighted by atomic mass is 9.74. The Hall–Kier alpha value is -0.710. The Morgan fingerprint density at radius 3 is 2.12 bits per heavy atom. The van der Waals surface area contributed by atoms with Gasteiger partial charge in [0.2, 0.25) is 0 Å². The lowest BCUT2D eigenvalue weighted by molar-refractivity contribution is 0.0527. The highest BCUT2D eigenvalue weighted by Crippen LogP contribution is 2.34. The van der Waals surface area contributed by atoms with Gasteiger partial charge in [0, 0.05) is 31.2 Å². The summed E-state index contributed by atoms with van der Waals surface area (Å²) < 4.78 is 31.6. The topological polar surface area (TPSA) is 35.2 Å². The molecule has 17 heavy (non-hydrogen) atoms. The first-order valence-electron chi connectivity index (χ1n) is 5.41. The van der Waals surface area contributed by atoms with Crippen LogP contribution in [0, 0.1) is 11.6 Å². The normalized spacial score (nSPS) is 18.5. The van der Waals surface area contributed by atoms with Crippen LogP contribution in [0.2, 0.25) is 0 Å². The molecule has 0 unspecified atom stereocenters. The summed E-state index contributed by atoms with van der Waals surface area (Å²) in [5.74, 6) is -1.09.